The van der Waals surface area contributed by atoms with Crippen molar-refractivity contribution in [2.45, 2.75) is 9.79 Å². The smallest absolute Gasteiger partial charge is 0.268 e. The SMILES string of the molecule is NS1(C(=O)C(=O)S2(N)C=Cc3ccccc32)C=Cc2ccccc21. The van der Waals surface area contributed by atoms with Gasteiger partial charge >= 0.3 is 0 Å². The van der Waals surface area contributed by atoms with Crippen molar-refractivity contribution in [1.82, 2.24) is 0 Å². The van der Waals surface area contributed by atoms with Crippen LogP contribution in [-0.2, 0) is 9.59 Å². The molecule has 0 radical (unpaired) electrons. The van der Waals surface area contributed by atoms with Gasteiger partial charge in [0.2, 0.25) is 0 Å². The average molecular weight is 356 g/mol. The monoisotopic (exact) mass is 356 g/mol. The van der Waals surface area contributed by atoms with Crippen molar-refractivity contribution in [1.29, 1.82) is 0 Å². The molecular formula is C18H16N2O2S2. The van der Waals surface area contributed by atoms with Crippen LogP contribution in [0.1, 0.15) is 11.1 Å². The molecule has 0 amide bonds. The summed E-state index contributed by atoms with van der Waals surface area (Å²) in [5.41, 5.74) is 1.78. The lowest BCUT2D eigenvalue weighted by Gasteiger charge is -2.33. The molecule has 4 N–H and O–H groups in total. The maximum Gasteiger partial charge on any atom is 0.268 e. The molecule has 2 aliphatic rings. The van der Waals surface area contributed by atoms with Crippen LogP contribution in [0.2, 0.25) is 0 Å². The van der Waals surface area contributed by atoms with Crippen LogP contribution < -0.4 is 10.3 Å². The van der Waals surface area contributed by atoms with E-state index in [4.69, 9.17) is 10.3 Å². The van der Waals surface area contributed by atoms with Gasteiger partial charge in [0.25, 0.3) is 10.2 Å². The van der Waals surface area contributed by atoms with Crippen molar-refractivity contribution in [3.63, 3.8) is 0 Å². The van der Waals surface area contributed by atoms with E-state index in [0.717, 1.165) is 20.9 Å². The third-order valence-electron chi connectivity index (χ3n) is 4.27. The fourth-order valence-corrected chi connectivity index (χ4v) is 7.66. The molecule has 0 aliphatic carbocycles. The molecule has 2 heterocycles. The Balaban J connectivity index is 1.76. The van der Waals surface area contributed by atoms with E-state index in [0.29, 0.717) is 0 Å². The Bertz CT molecular complexity index is 876. The van der Waals surface area contributed by atoms with Gasteiger partial charge in [-0.3, -0.25) is 19.9 Å². The Morgan fingerprint density at radius 3 is 1.46 bits per heavy atom. The van der Waals surface area contributed by atoms with Crippen LogP contribution in [0.3, 0.4) is 0 Å². The Kier molecular flexibility index (Phi) is 3.33. The van der Waals surface area contributed by atoms with Gasteiger partial charge in [0.1, 0.15) is 0 Å². The second kappa shape index (κ2) is 5.19. The second-order valence-electron chi connectivity index (χ2n) is 5.68. The quantitative estimate of drug-likeness (QED) is 0.708. The van der Waals surface area contributed by atoms with Crippen LogP contribution in [0.15, 0.2) is 69.1 Å². The summed E-state index contributed by atoms with van der Waals surface area (Å²) in [6.07, 6.45) is 3.62. The molecule has 122 valence electrons. The Morgan fingerprint density at radius 2 is 1.04 bits per heavy atom. The van der Waals surface area contributed by atoms with Crippen LogP contribution in [-0.4, -0.2) is 10.2 Å². The maximum absolute atomic E-state index is 13.1. The first-order chi connectivity index (χ1) is 11.5. The lowest BCUT2D eigenvalue weighted by atomic mass is 10.2. The van der Waals surface area contributed by atoms with Crippen LogP contribution in [0.5, 0.6) is 0 Å². The van der Waals surface area contributed by atoms with Gasteiger partial charge in [0.15, 0.2) is 0 Å². The van der Waals surface area contributed by atoms with Crippen LogP contribution in [0, 0.1) is 0 Å². The van der Waals surface area contributed by atoms with Gasteiger partial charge in [0.05, 0.1) is 0 Å². The highest BCUT2D eigenvalue weighted by molar-refractivity contribution is 8.54. The highest BCUT2D eigenvalue weighted by atomic mass is 32.3. The average Bonchev–Trinajstić information content (AvgIpc) is 3.14. The molecule has 2 aromatic carbocycles. The zero-order valence-electron chi connectivity index (χ0n) is 12.7. The van der Waals surface area contributed by atoms with Gasteiger partial charge in [-0.2, -0.15) is 0 Å². The van der Waals surface area contributed by atoms with Crippen molar-refractivity contribution in [3.8, 4) is 0 Å². The van der Waals surface area contributed by atoms with E-state index in [9.17, 15) is 9.59 Å². The number of hydrogen-bond donors (Lipinski definition) is 2. The number of benzene rings is 2. The van der Waals surface area contributed by atoms with E-state index >= 15 is 0 Å². The van der Waals surface area contributed by atoms with Gasteiger partial charge in [-0.1, -0.05) is 56.8 Å². The number of nitrogens with two attached hydrogens (primary N) is 2. The molecule has 2 unspecified atom stereocenters. The van der Waals surface area contributed by atoms with Crippen LogP contribution in [0.4, 0.5) is 0 Å². The van der Waals surface area contributed by atoms with Crippen molar-refractivity contribution in [2.75, 3.05) is 0 Å². The van der Waals surface area contributed by atoms with E-state index in [2.05, 4.69) is 0 Å². The fourth-order valence-electron chi connectivity index (χ4n) is 2.96. The predicted molar refractivity (Wildman–Crippen MR) is 101 cm³/mol. The molecule has 2 aromatic rings. The highest BCUT2D eigenvalue weighted by Gasteiger charge is 2.44. The maximum atomic E-state index is 13.1. The summed E-state index contributed by atoms with van der Waals surface area (Å²) in [6, 6.07) is 14.8. The standard InChI is InChI=1S/C18H16N2O2S2/c19-23(11-9-13-5-1-3-7-15(13)23)17(21)18(22)24(20)12-10-14-6-2-4-8-16(14)24/h1-12H,19-20H2. The Hall–Kier alpha value is -2.12. The molecule has 24 heavy (non-hydrogen) atoms. The second-order valence-corrected chi connectivity index (χ2v) is 10.7. The molecule has 0 bridgehead atoms. The minimum atomic E-state index is -2.48. The molecule has 2 atom stereocenters. The zero-order chi connectivity index (χ0) is 16.9. The number of hydrogen-bond acceptors (Lipinski definition) is 4. The van der Waals surface area contributed by atoms with Crippen molar-refractivity contribution in [3.05, 3.63) is 70.5 Å². The highest BCUT2D eigenvalue weighted by Crippen LogP contribution is 2.63. The van der Waals surface area contributed by atoms with Gasteiger partial charge in [-0.15, -0.1) is 0 Å². The summed E-state index contributed by atoms with van der Waals surface area (Å²) in [6.45, 7) is 0. The van der Waals surface area contributed by atoms with Crippen LogP contribution >= 0.6 is 20.4 Å². The molecule has 0 spiro atoms. The topological polar surface area (TPSA) is 86.2 Å². The van der Waals surface area contributed by atoms with E-state index < -0.39 is 30.7 Å². The summed E-state index contributed by atoms with van der Waals surface area (Å²) < 4.78 is 0. The van der Waals surface area contributed by atoms with Crippen molar-refractivity contribution >= 4 is 42.8 Å². The third-order valence-corrected chi connectivity index (χ3v) is 9.33. The molecule has 0 aromatic heterocycles. The van der Waals surface area contributed by atoms with Crippen LogP contribution in [0.25, 0.3) is 12.2 Å². The van der Waals surface area contributed by atoms with Crippen molar-refractivity contribution in [2.24, 2.45) is 10.3 Å². The van der Waals surface area contributed by atoms with E-state index in [1.165, 1.54) is 0 Å². The van der Waals surface area contributed by atoms with Gasteiger partial charge in [-0.05, 0) is 46.2 Å². The number of carbonyl (C=O) groups is 2. The van der Waals surface area contributed by atoms with Gasteiger partial charge in [-0.25, -0.2) is 0 Å². The number of fused-ring (bicyclic) bond motifs is 2. The summed E-state index contributed by atoms with van der Waals surface area (Å²) >= 11 is 0. The molecule has 0 saturated carbocycles. The summed E-state index contributed by atoms with van der Waals surface area (Å²) in [7, 11) is -4.96. The minimum absolute atomic E-state index is 0.581. The zero-order valence-corrected chi connectivity index (χ0v) is 14.3. The largest absolute Gasteiger partial charge is 0.281 e. The summed E-state index contributed by atoms with van der Waals surface area (Å²) in [5, 5.41) is 15.0. The number of rotatable bonds is 0. The molecule has 4 rings (SSSR count). The normalized spacial score (nSPS) is 31.6. The van der Waals surface area contributed by atoms with E-state index in [-0.39, 0.29) is 0 Å². The summed E-state index contributed by atoms with van der Waals surface area (Å²) in [4.78, 5) is 27.5. The molecule has 6 heteroatoms. The fraction of sp³-hybridized carbons (Fsp3) is 0. The first-order valence-corrected chi connectivity index (χ1v) is 10.8. The van der Waals surface area contributed by atoms with E-state index in [1.54, 1.807) is 10.8 Å². The summed E-state index contributed by atoms with van der Waals surface area (Å²) in [5.74, 6) is 0. The lowest BCUT2D eigenvalue weighted by molar-refractivity contribution is -0.126. The molecule has 4 nitrogen and oxygen atoms in total. The van der Waals surface area contributed by atoms with Gasteiger partial charge < -0.3 is 0 Å². The van der Waals surface area contributed by atoms with E-state index in [1.807, 2.05) is 60.7 Å². The lowest BCUT2D eigenvalue weighted by Crippen LogP contribution is -2.31. The minimum Gasteiger partial charge on any atom is -0.281 e. The molecule has 0 saturated heterocycles. The third kappa shape index (κ3) is 1.98. The van der Waals surface area contributed by atoms with Crippen molar-refractivity contribution < 1.29 is 9.59 Å². The van der Waals surface area contributed by atoms with Gasteiger partial charge in [0, 0.05) is 9.79 Å². The molecule has 0 fully saturated rings. The Morgan fingerprint density at radius 1 is 0.667 bits per heavy atom. The first-order valence-electron chi connectivity index (χ1n) is 7.32. The predicted octanol–water partition coefficient (Wildman–Crippen LogP) is 3.48. The molecule has 2 aliphatic heterocycles. The molecular weight excluding hydrogens is 340 g/mol. The Labute approximate surface area is 143 Å². The first kappa shape index (κ1) is 15.4. The number of carbonyl (C=O) groups excluding carboxylic acids is 2.